The number of amides is 2. The third-order valence-electron chi connectivity index (χ3n) is 3.56. The first kappa shape index (κ1) is 18.8. The van der Waals surface area contributed by atoms with Crippen LogP contribution in [0.1, 0.15) is 33.6 Å². The molecule has 0 aromatic heterocycles. The molecular formula is C18H24N2O5. The number of nitrogens with zero attached hydrogens (tertiary/aromatic N) is 1. The quantitative estimate of drug-likeness (QED) is 0.845. The molecule has 1 heterocycles. The lowest BCUT2D eigenvalue weighted by Crippen LogP contribution is -2.44. The van der Waals surface area contributed by atoms with E-state index in [9.17, 15) is 14.4 Å². The van der Waals surface area contributed by atoms with Gasteiger partial charge in [-0.15, -0.1) is 0 Å². The monoisotopic (exact) mass is 348 g/mol. The number of likely N-dealkylation sites (tertiary alicyclic amines) is 1. The normalized spacial score (nSPS) is 17.1. The zero-order valence-corrected chi connectivity index (χ0v) is 14.8. The molecule has 1 aliphatic rings. The van der Waals surface area contributed by atoms with E-state index in [0.29, 0.717) is 25.1 Å². The van der Waals surface area contributed by atoms with Gasteiger partial charge in [0.05, 0.1) is 0 Å². The molecule has 0 spiro atoms. The van der Waals surface area contributed by atoms with E-state index in [1.54, 1.807) is 45.0 Å². The molecule has 1 saturated heterocycles. The number of nitrogens with one attached hydrogen (secondary N) is 1. The summed E-state index contributed by atoms with van der Waals surface area (Å²) in [6.07, 6.45) is 0.647. The van der Waals surface area contributed by atoms with Crippen LogP contribution in [0, 0.1) is 0 Å². The number of carbonyl (C=O) groups excluding carboxylic acids is 3. The van der Waals surface area contributed by atoms with Gasteiger partial charge >= 0.3 is 12.1 Å². The molecule has 1 aliphatic heterocycles. The third-order valence-corrected chi connectivity index (χ3v) is 3.56. The molecule has 0 bridgehead atoms. The van der Waals surface area contributed by atoms with Gasteiger partial charge in [-0.1, -0.05) is 18.2 Å². The molecule has 1 aromatic rings. The number of ether oxygens (including phenoxy) is 2. The van der Waals surface area contributed by atoms with Crippen molar-refractivity contribution in [3.05, 3.63) is 30.3 Å². The molecule has 1 N–H and O–H groups in total. The Balaban J connectivity index is 1.85. The van der Waals surface area contributed by atoms with Crippen LogP contribution in [0.25, 0.3) is 0 Å². The minimum absolute atomic E-state index is 0.396. The Hall–Kier alpha value is -2.57. The van der Waals surface area contributed by atoms with Crippen molar-refractivity contribution in [1.29, 1.82) is 0 Å². The van der Waals surface area contributed by atoms with Crippen molar-refractivity contribution in [2.24, 2.45) is 0 Å². The average molecular weight is 348 g/mol. The molecule has 0 saturated carbocycles. The second kappa shape index (κ2) is 8.00. The van der Waals surface area contributed by atoms with Gasteiger partial charge in [0.1, 0.15) is 11.6 Å². The Morgan fingerprint density at radius 2 is 1.88 bits per heavy atom. The maximum absolute atomic E-state index is 12.2. The van der Waals surface area contributed by atoms with E-state index in [0.717, 1.165) is 0 Å². The highest BCUT2D eigenvalue weighted by atomic mass is 16.6. The van der Waals surface area contributed by atoms with Gasteiger partial charge in [0, 0.05) is 12.2 Å². The summed E-state index contributed by atoms with van der Waals surface area (Å²) in [5.41, 5.74) is -0.0104. The lowest BCUT2D eigenvalue weighted by molar-refractivity contribution is -0.151. The van der Waals surface area contributed by atoms with Gasteiger partial charge in [-0.3, -0.25) is 9.69 Å². The number of hydrogen-bond donors (Lipinski definition) is 1. The van der Waals surface area contributed by atoms with Crippen LogP contribution in [0.4, 0.5) is 10.5 Å². The van der Waals surface area contributed by atoms with Gasteiger partial charge in [-0.2, -0.15) is 0 Å². The van der Waals surface area contributed by atoms with Crippen molar-refractivity contribution < 1.29 is 23.9 Å². The average Bonchev–Trinajstić information content (AvgIpc) is 3.02. The van der Waals surface area contributed by atoms with E-state index in [4.69, 9.17) is 9.47 Å². The van der Waals surface area contributed by atoms with E-state index in [-0.39, 0.29) is 0 Å². The molecule has 25 heavy (non-hydrogen) atoms. The molecule has 7 nitrogen and oxygen atoms in total. The highest BCUT2D eigenvalue weighted by Gasteiger charge is 2.37. The predicted octanol–water partition coefficient (Wildman–Crippen LogP) is 2.57. The second-order valence-electron chi connectivity index (χ2n) is 6.85. The van der Waals surface area contributed by atoms with E-state index in [2.05, 4.69) is 5.32 Å². The van der Waals surface area contributed by atoms with Gasteiger partial charge in [0.2, 0.25) is 0 Å². The zero-order valence-electron chi connectivity index (χ0n) is 14.8. The van der Waals surface area contributed by atoms with E-state index >= 15 is 0 Å². The Morgan fingerprint density at radius 1 is 1.20 bits per heavy atom. The second-order valence-corrected chi connectivity index (χ2v) is 6.85. The van der Waals surface area contributed by atoms with E-state index < -0.39 is 36.2 Å². The number of hydrogen-bond acceptors (Lipinski definition) is 5. The first-order valence-electron chi connectivity index (χ1n) is 8.27. The number of benzene rings is 1. The Labute approximate surface area is 147 Å². The van der Waals surface area contributed by atoms with Crippen molar-refractivity contribution in [2.45, 2.75) is 45.3 Å². The molecular weight excluding hydrogens is 324 g/mol. The van der Waals surface area contributed by atoms with Crippen molar-refractivity contribution in [3.8, 4) is 0 Å². The SMILES string of the molecule is CC(C)(C)OC(=O)N1CCC[C@H]1C(=O)OCC(=O)Nc1ccccc1. The lowest BCUT2D eigenvalue weighted by atomic mass is 10.2. The fraction of sp³-hybridized carbons (Fsp3) is 0.500. The first-order chi connectivity index (χ1) is 11.8. The summed E-state index contributed by atoms with van der Waals surface area (Å²) in [4.78, 5) is 37.6. The van der Waals surface area contributed by atoms with Crippen LogP contribution in [0.5, 0.6) is 0 Å². The molecule has 1 aromatic carbocycles. The predicted molar refractivity (Wildman–Crippen MR) is 92.0 cm³/mol. The van der Waals surface area contributed by atoms with Crippen LogP contribution in [-0.4, -0.2) is 47.7 Å². The van der Waals surface area contributed by atoms with Crippen LogP contribution in [0.2, 0.25) is 0 Å². The molecule has 2 rings (SSSR count). The first-order valence-corrected chi connectivity index (χ1v) is 8.27. The molecule has 1 fully saturated rings. The summed E-state index contributed by atoms with van der Waals surface area (Å²) < 4.78 is 10.4. The number of esters is 1. The summed E-state index contributed by atoms with van der Waals surface area (Å²) in [5.74, 6) is -1.02. The minimum atomic E-state index is -0.709. The Morgan fingerprint density at radius 3 is 2.52 bits per heavy atom. The van der Waals surface area contributed by atoms with Gasteiger partial charge in [0.25, 0.3) is 5.91 Å². The third kappa shape index (κ3) is 5.77. The molecule has 0 aliphatic carbocycles. The van der Waals surface area contributed by atoms with Gasteiger partial charge < -0.3 is 14.8 Å². The van der Waals surface area contributed by atoms with E-state index in [1.807, 2.05) is 6.07 Å². The summed E-state index contributed by atoms with van der Waals surface area (Å²) in [7, 11) is 0. The Kier molecular flexibility index (Phi) is 6.01. The van der Waals surface area contributed by atoms with Crippen LogP contribution >= 0.6 is 0 Å². The highest BCUT2D eigenvalue weighted by Crippen LogP contribution is 2.21. The van der Waals surface area contributed by atoms with E-state index in [1.165, 1.54) is 4.90 Å². The van der Waals surface area contributed by atoms with Crippen molar-refractivity contribution in [3.63, 3.8) is 0 Å². The van der Waals surface area contributed by atoms with Gasteiger partial charge in [0.15, 0.2) is 6.61 Å². The maximum Gasteiger partial charge on any atom is 0.411 e. The highest BCUT2D eigenvalue weighted by molar-refractivity contribution is 5.93. The number of para-hydroxylation sites is 1. The number of anilines is 1. The summed E-state index contributed by atoms with van der Waals surface area (Å²) in [6, 6.07) is 8.18. The van der Waals surface area contributed by atoms with Crippen LogP contribution < -0.4 is 5.32 Å². The van der Waals surface area contributed by atoms with Gasteiger partial charge in [-0.25, -0.2) is 9.59 Å². The number of rotatable bonds is 4. The Bertz CT molecular complexity index is 624. The molecule has 7 heteroatoms. The lowest BCUT2D eigenvalue weighted by Gasteiger charge is -2.27. The molecule has 136 valence electrons. The van der Waals surface area contributed by atoms with Crippen LogP contribution in [0.3, 0.4) is 0 Å². The minimum Gasteiger partial charge on any atom is -0.454 e. The van der Waals surface area contributed by atoms with Gasteiger partial charge in [-0.05, 0) is 45.7 Å². The molecule has 1 atom stereocenters. The topological polar surface area (TPSA) is 84.9 Å². The largest absolute Gasteiger partial charge is 0.454 e. The molecule has 0 unspecified atom stereocenters. The summed E-state index contributed by atoms with van der Waals surface area (Å²) in [6.45, 7) is 5.34. The fourth-order valence-corrected chi connectivity index (χ4v) is 2.50. The summed E-state index contributed by atoms with van der Waals surface area (Å²) in [5, 5.41) is 2.63. The van der Waals surface area contributed by atoms with Crippen molar-refractivity contribution in [2.75, 3.05) is 18.5 Å². The maximum atomic E-state index is 12.2. The van der Waals surface area contributed by atoms with Crippen molar-refractivity contribution in [1.82, 2.24) is 4.90 Å². The summed E-state index contributed by atoms with van der Waals surface area (Å²) >= 11 is 0. The molecule has 2 amide bonds. The number of carbonyl (C=O) groups is 3. The fourth-order valence-electron chi connectivity index (χ4n) is 2.50. The van der Waals surface area contributed by atoms with Crippen molar-refractivity contribution >= 4 is 23.7 Å². The molecule has 0 radical (unpaired) electrons. The standard InChI is InChI=1S/C18H24N2O5/c1-18(2,3)25-17(23)20-11-7-10-14(20)16(22)24-12-15(21)19-13-8-5-4-6-9-13/h4-6,8-9,14H,7,10-12H2,1-3H3,(H,19,21)/t14-/m0/s1. The van der Waals surface area contributed by atoms with Crippen LogP contribution in [0.15, 0.2) is 30.3 Å². The van der Waals surface area contributed by atoms with Crippen LogP contribution in [-0.2, 0) is 19.1 Å². The smallest absolute Gasteiger partial charge is 0.411 e. The zero-order chi connectivity index (χ0) is 18.4.